The van der Waals surface area contributed by atoms with Crippen molar-refractivity contribution in [3.05, 3.63) is 53.6 Å². The lowest BCUT2D eigenvalue weighted by molar-refractivity contribution is 0.0374. The van der Waals surface area contributed by atoms with Gasteiger partial charge < -0.3 is 19.5 Å². The Bertz CT molecular complexity index is 928. The molecule has 0 saturated carbocycles. The van der Waals surface area contributed by atoms with E-state index in [9.17, 15) is 9.59 Å². The number of esters is 1. The minimum Gasteiger partial charge on any atom is -0.495 e. The maximum absolute atomic E-state index is 13.0. The maximum Gasteiger partial charge on any atom is 0.337 e. The molecular weight excluding hydrogens is 348 g/mol. The summed E-state index contributed by atoms with van der Waals surface area (Å²) in [6, 6.07) is 11.9. The molecule has 2 atom stereocenters. The first kappa shape index (κ1) is 17.2. The zero-order valence-electron chi connectivity index (χ0n) is 15.3. The van der Waals surface area contributed by atoms with E-state index in [-0.39, 0.29) is 12.1 Å². The molecule has 0 spiro atoms. The zero-order valence-corrected chi connectivity index (χ0v) is 15.3. The van der Waals surface area contributed by atoms with Crippen LogP contribution in [0.25, 0.3) is 0 Å². The van der Waals surface area contributed by atoms with Gasteiger partial charge in [0.1, 0.15) is 11.5 Å². The average molecular weight is 368 g/mol. The number of carbonyl (C=O) groups excluding carboxylic acids is 2. The van der Waals surface area contributed by atoms with Crippen LogP contribution in [0, 0.1) is 0 Å². The predicted octanol–water partition coefficient (Wildman–Crippen LogP) is 3.25. The summed E-state index contributed by atoms with van der Waals surface area (Å²) >= 11 is 0. The number of nitrogens with zero attached hydrogens (tertiary/aromatic N) is 1. The summed E-state index contributed by atoms with van der Waals surface area (Å²) in [4.78, 5) is 26.4. The molecule has 0 radical (unpaired) electrons. The van der Waals surface area contributed by atoms with Gasteiger partial charge in [0.15, 0.2) is 5.72 Å². The van der Waals surface area contributed by atoms with Gasteiger partial charge in [-0.3, -0.25) is 4.90 Å². The molecule has 0 aromatic heterocycles. The van der Waals surface area contributed by atoms with Crippen LogP contribution in [0.5, 0.6) is 11.5 Å². The van der Waals surface area contributed by atoms with Crippen LogP contribution in [-0.2, 0) is 4.74 Å². The first-order chi connectivity index (χ1) is 13.0. The minimum atomic E-state index is -0.887. The van der Waals surface area contributed by atoms with Gasteiger partial charge in [-0.1, -0.05) is 12.1 Å². The standard InChI is InChI=1S/C20H20N2O5/c1-20-11-14(13-10-12(18(23)26-3)8-9-16(13)27-20)21-19(24)22(20)15-6-4-5-7-17(15)25-2/h4-10,14H,11H2,1-3H3,(H,21,24). The fourth-order valence-corrected chi connectivity index (χ4v) is 3.80. The Kier molecular flexibility index (Phi) is 3.95. The smallest absolute Gasteiger partial charge is 0.337 e. The first-order valence-corrected chi connectivity index (χ1v) is 8.62. The van der Waals surface area contributed by atoms with Crippen molar-refractivity contribution in [1.82, 2.24) is 5.32 Å². The maximum atomic E-state index is 13.0. The lowest BCUT2D eigenvalue weighted by atomic mass is 9.89. The molecule has 2 aliphatic rings. The largest absolute Gasteiger partial charge is 0.495 e. The van der Waals surface area contributed by atoms with Crippen LogP contribution in [0.4, 0.5) is 10.5 Å². The van der Waals surface area contributed by atoms with E-state index in [1.807, 2.05) is 25.1 Å². The van der Waals surface area contributed by atoms with Gasteiger partial charge in [-0.25, -0.2) is 9.59 Å². The molecular formula is C20H20N2O5. The predicted molar refractivity (Wildman–Crippen MR) is 98.2 cm³/mol. The number of hydrogen-bond donors (Lipinski definition) is 1. The molecule has 1 fully saturated rings. The normalized spacial score (nSPS) is 23.0. The summed E-state index contributed by atoms with van der Waals surface area (Å²) in [5.74, 6) is 0.785. The van der Waals surface area contributed by atoms with Crippen molar-refractivity contribution in [2.45, 2.75) is 25.1 Å². The number of ether oxygens (including phenoxy) is 3. The second kappa shape index (κ2) is 6.19. The molecule has 2 heterocycles. The third-order valence-corrected chi connectivity index (χ3v) is 5.02. The average Bonchev–Trinajstić information content (AvgIpc) is 2.66. The Labute approximate surface area is 156 Å². The lowest BCUT2D eigenvalue weighted by Gasteiger charge is -2.50. The minimum absolute atomic E-state index is 0.262. The number of rotatable bonds is 3. The van der Waals surface area contributed by atoms with Crippen LogP contribution in [0.1, 0.15) is 35.3 Å². The van der Waals surface area contributed by atoms with E-state index in [1.165, 1.54) is 7.11 Å². The van der Waals surface area contributed by atoms with Gasteiger partial charge in [0.25, 0.3) is 0 Å². The number of methoxy groups -OCH3 is 2. The van der Waals surface area contributed by atoms with Gasteiger partial charge in [-0.2, -0.15) is 0 Å². The first-order valence-electron chi connectivity index (χ1n) is 8.62. The number of para-hydroxylation sites is 2. The van der Waals surface area contributed by atoms with Crippen molar-refractivity contribution in [2.24, 2.45) is 0 Å². The van der Waals surface area contributed by atoms with Gasteiger partial charge in [0, 0.05) is 12.0 Å². The summed E-state index contributed by atoms with van der Waals surface area (Å²) in [6.07, 6.45) is 0.522. The monoisotopic (exact) mass is 368 g/mol. The summed E-state index contributed by atoms with van der Waals surface area (Å²) in [5.41, 5.74) is 0.933. The number of fused-ring (bicyclic) bond motifs is 4. The van der Waals surface area contributed by atoms with E-state index < -0.39 is 11.7 Å². The molecule has 27 heavy (non-hydrogen) atoms. The summed E-state index contributed by atoms with van der Waals surface area (Å²) in [7, 11) is 2.90. The fraction of sp³-hybridized carbons (Fsp3) is 0.300. The third kappa shape index (κ3) is 2.66. The molecule has 2 aromatic rings. The molecule has 0 aliphatic carbocycles. The highest BCUT2D eigenvalue weighted by molar-refractivity contribution is 5.96. The van der Waals surface area contributed by atoms with Crippen molar-refractivity contribution in [1.29, 1.82) is 0 Å². The van der Waals surface area contributed by atoms with Crippen LogP contribution in [0.15, 0.2) is 42.5 Å². The van der Waals surface area contributed by atoms with Gasteiger partial charge in [0.2, 0.25) is 0 Å². The molecule has 1 saturated heterocycles. The number of benzene rings is 2. The van der Waals surface area contributed by atoms with E-state index in [0.717, 1.165) is 5.56 Å². The Hall–Kier alpha value is -3.22. The van der Waals surface area contributed by atoms with Crippen molar-refractivity contribution in [2.75, 3.05) is 19.1 Å². The Morgan fingerprint density at radius 3 is 2.78 bits per heavy atom. The quantitative estimate of drug-likeness (QED) is 0.842. The lowest BCUT2D eigenvalue weighted by Crippen LogP contribution is -2.65. The Morgan fingerprint density at radius 1 is 1.26 bits per heavy atom. The van der Waals surface area contributed by atoms with E-state index in [1.54, 1.807) is 36.3 Å². The van der Waals surface area contributed by atoms with Gasteiger partial charge in [-0.15, -0.1) is 0 Å². The van der Waals surface area contributed by atoms with Crippen molar-refractivity contribution in [3.8, 4) is 11.5 Å². The van der Waals surface area contributed by atoms with E-state index in [4.69, 9.17) is 14.2 Å². The second-order valence-corrected chi connectivity index (χ2v) is 6.73. The zero-order chi connectivity index (χ0) is 19.2. The molecule has 2 unspecified atom stereocenters. The van der Waals surface area contributed by atoms with E-state index in [0.29, 0.717) is 29.2 Å². The molecule has 140 valence electrons. The molecule has 2 aromatic carbocycles. The highest BCUT2D eigenvalue weighted by Gasteiger charge is 2.50. The Balaban J connectivity index is 1.77. The summed E-state index contributed by atoms with van der Waals surface area (Å²) in [6.45, 7) is 1.88. The Morgan fingerprint density at radius 2 is 2.04 bits per heavy atom. The molecule has 2 bridgehead atoms. The van der Waals surface area contributed by atoms with Crippen molar-refractivity contribution >= 4 is 17.7 Å². The molecule has 2 aliphatic heterocycles. The van der Waals surface area contributed by atoms with E-state index >= 15 is 0 Å². The third-order valence-electron chi connectivity index (χ3n) is 5.02. The highest BCUT2D eigenvalue weighted by atomic mass is 16.5. The van der Waals surface area contributed by atoms with Crippen LogP contribution < -0.4 is 19.7 Å². The number of nitrogens with one attached hydrogen (secondary N) is 1. The van der Waals surface area contributed by atoms with Gasteiger partial charge in [-0.05, 0) is 37.3 Å². The van der Waals surface area contributed by atoms with Crippen LogP contribution in [-0.4, -0.2) is 31.9 Å². The van der Waals surface area contributed by atoms with Gasteiger partial charge >= 0.3 is 12.0 Å². The SMILES string of the molecule is COC(=O)c1ccc2c(c1)C1CC(C)(O2)N(c2ccccc2OC)C(=O)N1. The van der Waals surface area contributed by atoms with Crippen LogP contribution in [0.3, 0.4) is 0 Å². The molecule has 2 amide bonds. The highest BCUT2D eigenvalue weighted by Crippen LogP contribution is 2.47. The topological polar surface area (TPSA) is 77.1 Å². The molecule has 1 N–H and O–H groups in total. The number of amides is 2. The van der Waals surface area contributed by atoms with Crippen molar-refractivity contribution in [3.63, 3.8) is 0 Å². The number of anilines is 1. The molecule has 7 nitrogen and oxygen atoms in total. The van der Waals surface area contributed by atoms with E-state index in [2.05, 4.69) is 5.32 Å². The molecule has 4 rings (SSSR count). The second-order valence-electron chi connectivity index (χ2n) is 6.73. The molecule has 7 heteroatoms. The number of urea groups is 1. The van der Waals surface area contributed by atoms with Crippen LogP contribution >= 0.6 is 0 Å². The number of hydrogen-bond acceptors (Lipinski definition) is 5. The summed E-state index contributed by atoms with van der Waals surface area (Å²) < 4.78 is 16.5. The van der Waals surface area contributed by atoms with Gasteiger partial charge in [0.05, 0.1) is 31.5 Å². The fourth-order valence-electron chi connectivity index (χ4n) is 3.80. The van der Waals surface area contributed by atoms with Crippen LogP contribution in [0.2, 0.25) is 0 Å². The summed E-state index contributed by atoms with van der Waals surface area (Å²) in [5, 5.41) is 3.01. The van der Waals surface area contributed by atoms with Crippen molar-refractivity contribution < 1.29 is 23.8 Å². The number of carbonyl (C=O) groups is 2.